The topological polar surface area (TPSA) is 95.5 Å². The van der Waals surface area contributed by atoms with E-state index in [4.69, 9.17) is 0 Å². The molecule has 0 aromatic heterocycles. The molecule has 3 aromatic rings. The standard InChI is InChI=1S/C27H24F2N2O4/c1-2-27(15-24(32)33)12-11-18-13-17(5-9-21(18)25(27)34)16-3-6-19(7-4-16)30-26(35)31-20-8-10-22(28)23(29)14-20/h3-10,13-14H,2,11-12,15H2,1H3,(H,32,33)(H2,30,31,35)/t27-/m0/s1. The number of ketones is 1. The Bertz CT molecular complexity index is 1310. The van der Waals surface area contributed by atoms with Crippen LogP contribution in [-0.2, 0) is 11.2 Å². The van der Waals surface area contributed by atoms with E-state index in [1.54, 1.807) is 18.2 Å². The normalized spacial score (nSPS) is 16.9. The lowest BCUT2D eigenvalue weighted by atomic mass is 9.67. The minimum atomic E-state index is -1.05. The van der Waals surface area contributed by atoms with Gasteiger partial charge in [0.15, 0.2) is 17.4 Å². The Labute approximate surface area is 201 Å². The molecule has 0 spiro atoms. The Morgan fingerprint density at radius 1 is 0.914 bits per heavy atom. The number of halogens is 2. The van der Waals surface area contributed by atoms with Crippen LogP contribution in [0, 0.1) is 17.0 Å². The maximum atomic E-state index is 13.3. The first-order valence-electron chi connectivity index (χ1n) is 11.2. The highest BCUT2D eigenvalue weighted by Gasteiger charge is 2.42. The van der Waals surface area contributed by atoms with Crippen molar-refractivity contribution in [1.82, 2.24) is 0 Å². The van der Waals surface area contributed by atoms with Crippen LogP contribution < -0.4 is 10.6 Å². The zero-order chi connectivity index (χ0) is 25.2. The molecule has 1 aliphatic rings. The van der Waals surface area contributed by atoms with Crippen molar-refractivity contribution in [2.24, 2.45) is 5.41 Å². The summed E-state index contributed by atoms with van der Waals surface area (Å²) in [5.74, 6) is -3.13. The van der Waals surface area contributed by atoms with Gasteiger partial charge in [-0.2, -0.15) is 0 Å². The van der Waals surface area contributed by atoms with Crippen LogP contribution in [0.15, 0.2) is 60.7 Å². The first kappa shape index (κ1) is 24.1. The smallest absolute Gasteiger partial charge is 0.323 e. The third-order valence-electron chi connectivity index (χ3n) is 6.52. The molecule has 0 bridgehead atoms. The molecule has 1 atom stereocenters. The summed E-state index contributed by atoms with van der Waals surface area (Å²) < 4.78 is 26.3. The van der Waals surface area contributed by atoms with Gasteiger partial charge in [-0.05, 0) is 60.2 Å². The van der Waals surface area contributed by atoms with E-state index >= 15 is 0 Å². The van der Waals surface area contributed by atoms with Crippen molar-refractivity contribution >= 4 is 29.2 Å². The van der Waals surface area contributed by atoms with E-state index in [2.05, 4.69) is 10.6 Å². The number of Topliss-reactive ketones (excluding diaryl/α,β-unsaturated/α-hetero) is 1. The molecule has 3 N–H and O–H groups in total. The average molecular weight is 478 g/mol. The van der Waals surface area contributed by atoms with Crippen molar-refractivity contribution in [2.45, 2.75) is 32.6 Å². The molecule has 0 saturated heterocycles. The number of fused-ring (bicyclic) bond motifs is 1. The quantitative estimate of drug-likeness (QED) is 0.389. The summed E-state index contributed by atoms with van der Waals surface area (Å²) >= 11 is 0. The van der Waals surface area contributed by atoms with Crippen LogP contribution in [-0.4, -0.2) is 22.9 Å². The SMILES string of the molecule is CC[C@@]1(CC(=O)O)CCc2cc(-c3ccc(NC(=O)Nc4ccc(F)c(F)c4)cc3)ccc2C1=O. The van der Waals surface area contributed by atoms with Gasteiger partial charge in [0.2, 0.25) is 0 Å². The van der Waals surface area contributed by atoms with Crippen molar-refractivity contribution in [3.05, 3.63) is 83.4 Å². The van der Waals surface area contributed by atoms with Gasteiger partial charge in [0.05, 0.1) is 6.42 Å². The van der Waals surface area contributed by atoms with Crippen LogP contribution >= 0.6 is 0 Å². The van der Waals surface area contributed by atoms with Gasteiger partial charge in [0.25, 0.3) is 0 Å². The minimum absolute atomic E-state index is 0.109. The van der Waals surface area contributed by atoms with E-state index in [0.717, 1.165) is 28.8 Å². The highest BCUT2D eigenvalue weighted by atomic mass is 19.2. The lowest BCUT2D eigenvalue weighted by Gasteiger charge is -2.35. The predicted molar refractivity (Wildman–Crippen MR) is 129 cm³/mol. The number of hydrogen-bond donors (Lipinski definition) is 3. The molecule has 0 radical (unpaired) electrons. The molecule has 0 unspecified atom stereocenters. The van der Waals surface area contributed by atoms with E-state index < -0.39 is 29.0 Å². The Balaban J connectivity index is 1.46. The first-order chi connectivity index (χ1) is 16.7. The number of carboxylic acids is 1. The number of rotatable bonds is 6. The molecule has 0 fully saturated rings. The number of carboxylic acid groups (broad SMARTS) is 1. The molecular weight excluding hydrogens is 454 g/mol. The molecule has 3 aromatic carbocycles. The van der Waals surface area contributed by atoms with Gasteiger partial charge >= 0.3 is 12.0 Å². The molecule has 0 aliphatic heterocycles. The van der Waals surface area contributed by atoms with Gasteiger partial charge in [-0.1, -0.05) is 37.3 Å². The van der Waals surface area contributed by atoms with Crippen LogP contribution in [0.25, 0.3) is 11.1 Å². The minimum Gasteiger partial charge on any atom is -0.481 e. The number of carbonyl (C=O) groups excluding carboxylic acids is 2. The zero-order valence-corrected chi connectivity index (χ0v) is 19.0. The summed E-state index contributed by atoms with van der Waals surface area (Å²) in [5, 5.41) is 14.4. The van der Waals surface area contributed by atoms with Crippen LogP contribution in [0.5, 0.6) is 0 Å². The Kier molecular flexibility index (Phi) is 6.64. The van der Waals surface area contributed by atoms with Crippen molar-refractivity contribution < 1.29 is 28.3 Å². The van der Waals surface area contributed by atoms with Gasteiger partial charge in [-0.15, -0.1) is 0 Å². The molecule has 180 valence electrons. The lowest BCUT2D eigenvalue weighted by Crippen LogP contribution is -2.37. The fraction of sp³-hybridized carbons (Fsp3) is 0.222. The maximum absolute atomic E-state index is 13.3. The number of benzene rings is 3. The van der Waals surface area contributed by atoms with Crippen LogP contribution in [0.1, 0.15) is 42.1 Å². The first-order valence-corrected chi connectivity index (χ1v) is 11.2. The second-order valence-corrected chi connectivity index (χ2v) is 8.69. The number of urea groups is 1. The summed E-state index contributed by atoms with van der Waals surface area (Å²) in [6, 6.07) is 15.1. The average Bonchev–Trinajstić information content (AvgIpc) is 2.83. The summed E-state index contributed by atoms with van der Waals surface area (Å²) in [6.45, 7) is 1.86. The highest BCUT2D eigenvalue weighted by molar-refractivity contribution is 6.04. The van der Waals surface area contributed by atoms with Crippen LogP contribution in [0.3, 0.4) is 0 Å². The fourth-order valence-corrected chi connectivity index (χ4v) is 4.51. The highest BCUT2D eigenvalue weighted by Crippen LogP contribution is 2.42. The molecule has 2 amide bonds. The van der Waals surface area contributed by atoms with Gasteiger partial charge in [0, 0.05) is 28.4 Å². The van der Waals surface area contributed by atoms with Crippen molar-refractivity contribution in [3.8, 4) is 11.1 Å². The zero-order valence-electron chi connectivity index (χ0n) is 19.0. The van der Waals surface area contributed by atoms with E-state index in [1.165, 1.54) is 6.07 Å². The Morgan fingerprint density at radius 3 is 2.23 bits per heavy atom. The number of aryl methyl sites for hydroxylation is 1. The van der Waals surface area contributed by atoms with Crippen molar-refractivity contribution in [3.63, 3.8) is 0 Å². The molecule has 6 nitrogen and oxygen atoms in total. The molecule has 8 heteroatoms. The van der Waals surface area contributed by atoms with Gasteiger partial charge in [-0.3, -0.25) is 9.59 Å². The fourth-order valence-electron chi connectivity index (χ4n) is 4.51. The summed E-state index contributed by atoms with van der Waals surface area (Å²) in [4.78, 5) is 36.6. The van der Waals surface area contributed by atoms with Crippen molar-refractivity contribution in [2.75, 3.05) is 10.6 Å². The number of carbonyl (C=O) groups is 3. The Hall–Kier alpha value is -4.07. The molecule has 0 heterocycles. The molecule has 1 aliphatic carbocycles. The second kappa shape index (κ2) is 9.66. The number of amides is 2. The van der Waals surface area contributed by atoms with E-state index in [9.17, 15) is 28.3 Å². The summed E-state index contributed by atoms with van der Waals surface area (Å²) in [5.41, 5.74) is 3.03. The van der Waals surface area contributed by atoms with E-state index in [0.29, 0.717) is 30.5 Å². The number of anilines is 2. The predicted octanol–water partition coefficient (Wildman–Crippen LogP) is 6.28. The van der Waals surface area contributed by atoms with E-state index in [-0.39, 0.29) is 17.9 Å². The van der Waals surface area contributed by atoms with Gasteiger partial charge < -0.3 is 15.7 Å². The number of nitrogens with one attached hydrogen (secondary N) is 2. The summed E-state index contributed by atoms with van der Waals surface area (Å²) in [6.07, 6.45) is 1.44. The third kappa shape index (κ3) is 5.06. The number of aliphatic carboxylic acids is 1. The lowest BCUT2D eigenvalue weighted by molar-refractivity contribution is -0.139. The van der Waals surface area contributed by atoms with Gasteiger partial charge in [-0.25, -0.2) is 13.6 Å². The molecule has 4 rings (SSSR count). The second-order valence-electron chi connectivity index (χ2n) is 8.69. The largest absolute Gasteiger partial charge is 0.481 e. The molecular formula is C27H24F2N2O4. The molecule has 0 saturated carbocycles. The maximum Gasteiger partial charge on any atom is 0.323 e. The van der Waals surface area contributed by atoms with Crippen LogP contribution in [0.2, 0.25) is 0 Å². The monoisotopic (exact) mass is 478 g/mol. The summed E-state index contributed by atoms with van der Waals surface area (Å²) in [7, 11) is 0. The van der Waals surface area contributed by atoms with Gasteiger partial charge in [0.1, 0.15) is 0 Å². The van der Waals surface area contributed by atoms with Crippen LogP contribution in [0.4, 0.5) is 25.0 Å². The van der Waals surface area contributed by atoms with E-state index in [1.807, 2.05) is 31.2 Å². The van der Waals surface area contributed by atoms with Crippen molar-refractivity contribution in [1.29, 1.82) is 0 Å². The Morgan fingerprint density at radius 2 is 1.57 bits per heavy atom. The third-order valence-corrected chi connectivity index (χ3v) is 6.52. The molecule has 35 heavy (non-hydrogen) atoms. The number of hydrogen-bond acceptors (Lipinski definition) is 3.